The third-order valence-corrected chi connectivity index (χ3v) is 2.40. The van der Waals surface area contributed by atoms with E-state index in [2.05, 4.69) is 5.16 Å². The summed E-state index contributed by atoms with van der Waals surface area (Å²) in [6.45, 7) is 1.94. The third kappa shape index (κ3) is 1.41. The van der Waals surface area contributed by atoms with E-state index in [4.69, 9.17) is 4.84 Å². The fourth-order valence-electron chi connectivity index (χ4n) is 1.51. The minimum Gasteiger partial charge on any atom is -0.384 e. The monoisotopic (exact) mass is 189 g/mol. The number of carbonyl (C=O) groups is 1. The molecule has 1 aromatic rings. The lowest BCUT2D eigenvalue weighted by Gasteiger charge is -2.07. The maximum atomic E-state index is 10.6. The molecule has 0 aromatic heterocycles. The second-order valence-electron chi connectivity index (χ2n) is 3.34. The first-order valence-corrected chi connectivity index (χ1v) is 4.57. The molecule has 2 rings (SSSR count). The fraction of sp³-hybridized carbons (Fsp3) is 0.273. The van der Waals surface area contributed by atoms with Crippen LogP contribution in [0.15, 0.2) is 35.5 Å². The van der Waals surface area contributed by atoms with Crippen molar-refractivity contribution in [1.82, 2.24) is 0 Å². The maximum absolute atomic E-state index is 10.6. The van der Waals surface area contributed by atoms with E-state index in [9.17, 15) is 4.79 Å². The first kappa shape index (κ1) is 8.94. The molecule has 1 aromatic carbocycles. The van der Waals surface area contributed by atoms with Gasteiger partial charge in [-0.15, -0.1) is 0 Å². The number of oxime groups is 1. The number of rotatable bonds is 2. The molecule has 1 aliphatic heterocycles. The van der Waals surface area contributed by atoms with E-state index in [1.807, 2.05) is 37.3 Å². The Bertz CT molecular complexity index is 359. The molecule has 14 heavy (non-hydrogen) atoms. The van der Waals surface area contributed by atoms with Crippen molar-refractivity contribution in [3.05, 3.63) is 35.9 Å². The van der Waals surface area contributed by atoms with E-state index in [0.29, 0.717) is 0 Å². The molecule has 0 saturated heterocycles. The van der Waals surface area contributed by atoms with Gasteiger partial charge in [-0.25, -0.2) is 0 Å². The van der Waals surface area contributed by atoms with Crippen LogP contribution in [0.5, 0.6) is 0 Å². The average Bonchev–Trinajstić information content (AvgIpc) is 2.61. The second kappa shape index (κ2) is 3.62. The standard InChI is InChI=1S/C11H11NO2/c1-8-10(7-13)14-12-11(8)9-5-3-2-4-6-9/h2-8,10H,1H3. The zero-order valence-corrected chi connectivity index (χ0v) is 7.88. The molecule has 72 valence electrons. The Morgan fingerprint density at radius 1 is 1.36 bits per heavy atom. The molecule has 3 heteroatoms. The molecular weight excluding hydrogens is 178 g/mol. The lowest BCUT2D eigenvalue weighted by molar-refractivity contribution is -0.117. The van der Waals surface area contributed by atoms with E-state index in [-0.39, 0.29) is 5.92 Å². The van der Waals surface area contributed by atoms with Crippen molar-refractivity contribution >= 4 is 12.0 Å². The van der Waals surface area contributed by atoms with E-state index in [1.165, 1.54) is 0 Å². The van der Waals surface area contributed by atoms with Gasteiger partial charge in [0.15, 0.2) is 12.4 Å². The topological polar surface area (TPSA) is 38.7 Å². The summed E-state index contributed by atoms with van der Waals surface area (Å²) in [6.07, 6.45) is 0.370. The van der Waals surface area contributed by atoms with E-state index in [1.54, 1.807) is 0 Å². The van der Waals surface area contributed by atoms with Gasteiger partial charge in [0, 0.05) is 5.92 Å². The van der Waals surface area contributed by atoms with Gasteiger partial charge >= 0.3 is 0 Å². The van der Waals surface area contributed by atoms with Gasteiger partial charge in [-0.1, -0.05) is 42.4 Å². The van der Waals surface area contributed by atoms with Crippen LogP contribution < -0.4 is 0 Å². The normalized spacial score (nSPS) is 25.4. The van der Waals surface area contributed by atoms with Crippen LogP contribution >= 0.6 is 0 Å². The molecule has 1 aliphatic rings. The predicted molar refractivity (Wildman–Crippen MR) is 53.1 cm³/mol. The number of carbonyl (C=O) groups excluding carboxylic acids is 1. The maximum Gasteiger partial charge on any atom is 0.190 e. The van der Waals surface area contributed by atoms with Crippen molar-refractivity contribution in [1.29, 1.82) is 0 Å². The highest BCUT2D eigenvalue weighted by Gasteiger charge is 2.30. The highest BCUT2D eigenvalue weighted by molar-refractivity contribution is 6.04. The molecule has 0 fully saturated rings. The van der Waals surface area contributed by atoms with Gasteiger partial charge in [0.1, 0.15) is 0 Å². The Labute approximate surface area is 82.4 Å². The molecule has 2 atom stereocenters. The van der Waals surface area contributed by atoms with Crippen molar-refractivity contribution in [3.8, 4) is 0 Å². The summed E-state index contributed by atoms with van der Waals surface area (Å²) in [5.41, 5.74) is 1.87. The minimum absolute atomic E-state index is 0.0369. The van der Waals surface area contributed by atoms with Crippen LogP contribution in [0.25, 0.3) is 0 Å². The molecule has 3 nitrogen and oxygen atoms in total. The van der Waals surface area contributed by atoms with Crippen LogP contribution in [-0.2, 0) is 9.63 Å². The Balaban J connectivity index is 2.26. The molecule has 0 radical (unpaired) electrons. The molecule has 0 bridgehead atoms. The zero-order valence-electron chi connectivity index (χ0n) is 7.88. The predicted octanol–water partition coefficient (Wildman–Crippen LogP) is 1.62. The van der Waals surface area contributed by atoms with Crippen molar-refractivity contribution < 1.29 is 9.63 Å². The number of benzene rings is 1. The van der Waals surface area contributed by atoms with E-state index >= 15 is 0 Å². The first-order valence-electron chi connectivity index (χ1n) is 4.57. The van der Waals surface area contributed by atoms with Gasteiger partial charge in [-0.2, -0.15) is 0 Å². The molecule has 0 saturated carbocycles. The molecule has 0 amide bonds. The fourth-order valence-corrected chi connectivity index (χ4v) is 1.51. The van der Waals surface area contributed by atoms with Gasteiger partial charge < -0.3 is 4.84 Å². The summed E-state index contributed by atoms with van der Waals surface area (Å²) in [5, 5.41) is 3.92. The molecule has 1 heterocycles. The van der Waals surface area contributed by atoms with Gasteiger partial charge in [-0.3, -0.25) is 4.79 Å². The number of aldehydes is 1. The molecule has 0 N–H and O–H groups in total. The smallest absolute Gasteiger partial charge is 0.190 e. The summed E-state index contributed by atoms with van der Waals surface area (Å²) in [6, 6.07) is 9.76. The number of hydrogen-bond acceptors (Lipinski definition) is 3. The van der Waals surface area contributed by atoms with Crippen molar-refractivity contribution in [3.63, 3.8) is 0 Å². The van der Waals surface area contributed by atoms with Crippen LogP contribution in [0, 0.1) is 5.92 Å². The van der Waals surface area contributed by atoms with Gasteiger partial charge in [-0.05, 0) is 5.56 Å². The summed E-state index contributed by atoms with van der Waals surface area (Å²) in [5.74, 6) is 0.0369. The number of hydrogen-bond donors (Lipinski definition) is 0. The summed E-state index contributed by atoms with van der Waals surface area (Å²) in [4.78, 5) is 15.6. The Morgan fingerprint density at radius 2 is 2.07 bits per heavy atom. The molecule has 0 spiro atoms. The Morgan fingerprint density at radius 3 is 2.64 bits per heavy atom. The van der Waals surface area contributed by atoms with Crippen LogP contribution in [0.2, 0.25) is 0 Å². The highest BCUT2D eigenvalue weighted by Crippen LogP contribution is 2.21. The highest BCUT2D eigenvalue weighted by atomic mass is 16.6. The summed E-state index contributed by atoms with van der Waals surface area (Å²) >= 11 is 0. The van der Waals surface area contributed by atoms with Gasteiger partial charge in [0.2, 0.25) is 0 Å². The molecule has 0 aliphatic carbocycles. The summed E-state index contributed by atoms with van der Waals surface area (Å²) < 4.78 is 0. The SMILES string of the molecule is CC1C(c2ccccc2)=NOC1C=O. The van der Waals surface area contributed by atoms with Crippen LogP contribution in [0.1, 0.15) is 12.5 Å². The minimum atomic E-state index is -0.426. The Hall–Kier alpha value is -1.64. The third-order valence-electron chi connectivity index (χ3n) is 2.40. The van der Waals surface area contributed by atoms with Crippen molar-refractivity contribution in [2.24, 2.45) is 11.1 Å². The van der Waals surface area contributed by atoms with Gasteiger partial charge in [0.25, 0.3) is 0 Å². The van der Waals surface area contributed by atoms with Crippen LogP contribution in [0.3, 0.4) is 0 Å². The summed E-state index contributed by atoms with van der Waals surface area (Å²) in [7, 11) is 0. The van der Waals surface area contributed by atoms with E-state index < -0.39 is 6.10 Å². The average molecular weight is 189 g/mol. The van der Waals surface area contributed by atoms with Crippen molar-refractivity contribution in [2.75, 3.05) is 0 Å². The molecular formula is C11H11NO2. The quantitative estimate of drug-likeness (QED) is 0.663. The van der Waals surface area contributed by atoms with Crippen LogP contribution in [0.4, 0.5) is 0 Å². The Kier molecular flexibility index (Phi) is 2.31. The largest absolute Gasteiger partial charge is 0.384 e. The second-order valence-corrected chi connectivity index (χ2v) is 3.34. The zero-order chi connectivity index (χ0) is 9.97. The van der Waals surface area contributed by atoms with Crippen molar-refractivity contribution in [2.45, 2.75) is 13.0 Å². The lowest BCUT2D eigenvalue weighted by atomic mass is 9.95. The number of nitrogens with zero attached hydrogens (tertiary/aromatic N) is 1. The first-order chi connectivity index (χ1) is 6.83. The lowest BCUT2D eigenvalue weighted by Crippen LogP contribution is -2.21. The van der Waals surface area contributed by atoms with Crippen LogP contribution in [-0.4, -0.2) is 18.1 Å². The van der Waals surface area contributed by atoms with E-state index in [0.717, 1.165) is 17.6 Å². The molecule has 2 unspecified atom stereocenters. The van der Waals surface area contributed by atoms with Gasteiger partial charge in [0.05, 0.1) is 5.71 Å².